The average molecular weight is 642 g/mol. The molecule has 0 amide bonds. The van der Waals surface area contributed by atoms with E-state index >= 15 is 0 Å². The Hall–Kier alpha value is -4.62. The van der Waals surface area contributed by atoms with Crippen molar-refractivity contribution in [1.29, 1.82) is 0 Å². The molecule has 0 saturated heterocycles. The highest BCUT2D eigenvalue weighted by Gasteiger charge is 2.11. The summed E-state index contributed by atoms with van der Waals surface area (Å²) in [5.41, 5.74) is 16.4. The van der Waals surface area contributed by atoms with Crippen molar-refractivity contribution >= 4 is 16.7 Å². The quantitative estimate of drug-likeness (QED) is 0.181. The van der Waals surface area contributed by atoms with Gasteiger partial charge in [-0.15, -0.1) is 0 Å². The molecule has 0 bridgehead atoms. The standard InChI is InChI=1S/C37H39N.C5H10.C3H8.C2H6/c1-5-14-30(15-6-2)35-26-36(31(16-7-3)17-8-4)28-37(27-35)34-22-13-21-33(25-34)32-20-12-19-29(24-32)18-10-9-11-23-38;1-3-5-4-2;1-3-2;1-2/h5-11,13-17,19,21-28H,1,3,12,18,20,38H2,2,4H3;3,5H,4H2,1-2H3;3H2,1-2H3;1-2H3/b10-9-,15-6-,17-8-,23-11-,30-14+,31-16+;;;. The molecule has 0 unspecified atom stereocenters. The van der Waals surface area contributed by atoms with Gasteiger partial charge in [0.15, 0.2) is 0 Å². The molecule has 0 spiro atoms. The maximum absolute atomic E-state index is 5.44. The second kappa shape index (κ2) is 28.6. The van der Waals surface area contributed by atoms with Gasteiger partial charge in [-0.05, 0) is 133 Å². The Balaban J connectivity index is 0.00000195. The molecule has 48 heavy (non-hydrogen) atoms. The largest absolute Gasteiger partial charge is 0.405 e. The lowest BCUT2D eigenvalue weighted by Gasteiger charge is -2.16. The van der Waals surface area contributed by atoms with E-state index in [2.05, 4.69) is 143 Å². The lowest BCUT2D eigenvalue weighted by atomic mass is 9.89. The van der Waals surface area contributed by atoms with Gasteiger partial charge in [0.1, 0.15) is 0 Å². The highest BCUT2D eigenvalue weighted by Crippen LogP contribution is 2.34. The molecule has 2 aromatic rings. The van der Waals surface area contributed by atoms with E-state index in [1.807, 2.05) is 58.9 Å². The van der Waals surface area contributed by atoms with Gasteiger partial charge in [-0.1, -0.05) is 157 Å². The highest BCUT2D eigenvalue weighted by molar-refractivity contribution is 5.86. The molecule has 0 fully saturated rings. The van der Waals surface area contributed by atoms with E-state index in [0.717, 1.165) is 48.0 Å². The zero-order valence-electron chi connectivity index (χ0n) is 31.3. The van der Waals surface area contributed by atoms with Gasteiger partial charge in [0.25, 0.3) is 0 Å². The van der Waals surface area contributed by atoms with Crippen molar-refractivity contribution in [2.24, 2.45) is 5.73 Å². The minimum absolute atomic E-state index is 0.908. The smallest absolute Gasteiger partial charge is 0.00625 e. The lowest BCUT2D eigenvalue weighted by molar-refractivity contribution is 1.02. The first kappa shape index (κ1) is 43.4. The van der Waals surface area contributed by atoms with Gasteiger partial charge in [0, 0.05) is 0 Å². The predicted molar refractivity (Wildman–Crippen MR) is 223 cm³/mol. The van der Waals surface area contributed by atoms with Crippen LogP contribution < -0.4 is 5.73 Å². The summed E-state index contributed by atoms with van der Waals surface area (Å²) in [5, 5.41) is 0. The van der Waals surface area contributed by atoms with Gasteiger partial charge >= 0.3 is 0 Å². The van der Waals surface area contributed by atoms with Crippen molar-refractivity contribution in [1.82, 2.24) is 0 Å². The van der Waals surface area contributed by atoms with Gasteiger partial charge in [-0.25, -0.2) is 0 Å². The van der Waals surface area contributed by atoms with E-state index in [4.69, 9.17) is 5.73 Å². The molecule has 0 radical (unpaired) electrons. The van der Waals surface area contributed by atoms with Crippen LogP contribution in [0, 0.1) is 0 Å². The highest BCUT2D eigenvalue weighted by atomic mass is 14.5. The molecule has 2 aromatic carbocycles. The van der Waals surface area contributed by atoms with Crippen molar-refractivity contribution in [2.45, 2.75) is 87.5 Å². The Kier molecular flexibility index (Phi) is 25.8. The number of hydrogen-bond acceptors (Lipinski definition) is 1. The summed E-state index contributed by atoms with van der Waals surface area (Å²) in [6, 6.07) is 15.7. The molecule has 1 nitrogen and oxygen atoms in total. The first-order valence-electron chi connectivity index (χ1n) is 17.7. The van der Waals surface area contributed by atoms with Crippen LogP contribution in [0.5, 0.6) is 0 Å². The second-order valence-electron chi connectivity index (χ2n) is 10.8. The Labute approximate surface area is 295 Å². The predicted octanol–water partition coefficient (Wildman–Crippen LogP) is 14.6. The van der Waals surface area contributed by atoms with Gasteiger partial charge in [0.2, 0.25) is 0 Å². The Bertz CT molecular complexity index is 1440. The summed E-state index contributed by atoms with van der Waals surface area (Å²) < 4.78 is 0. The van der Waals surface area contributed by atoms with Crippen LogP contribution in [0.1, 0.15) is 104 Å². The van der Waals surface area contributed by atoms with E-state index in [1.54, 1.807) is 6.20 Å². The fourth-order valence-corrected chi connectivity index (χ4v) is 4.86. The fourth-order valence-electron chi connectivity index (χ4n) is 4.86. The Morgan fingerprint density at radius 3 is 1.81 bits per heavy atom. The Morgan fingerprint density at radius 1 is 0.750 bits per heavy atom. The van der Waals surface area contributed by atoms with E-state index in [9.17, 15) is 0 Å². The van der Waals surface area contributed by atoms with Gasteiger partial charge in [0.05, 0.1) is 0 Å². The average Bonchev–Trinajstić information content (AvgIpc) is 3.12. The van der Waals surface area contributed by atoms with Crippen molar-refractivity contribution in [2.75, 3.05) is 0 Å². The van der Waals surface area contributed by atoms with Crippen LogP contribution in [-0.2, 0) is 0 Å². The fraction of sp³-hybridized carbons (Fsp3) is 0.277. The van der Waals surface area contributed by atoms with E-state index < -0.39 is 0 Å². The number of hydrogen-bond donors (Lipinski definition) is 1. The third-order valence-corrected chi connectivity index (χ3v) is 6.82. The van der Waals surface area contributed by atoms with Crippen LogP contribution in [0.15, 0.2) is 159 Å². The molecular weight excluding hydrogens is 579 g/mol. The zero-order chi connectivity index (χ0) is 36.0. The first-order valence-corrected chi connectivity index (χ1v) is 17.7. The third-order valence-electron chi connectivity index (χ3n) is 6.82. The molecule has 1 heteroatoms. The topological polar surface area (TPSA) is 26.0 Å². The minimum Gasteiger partial charge on any atom is -0.405 e. The van der Waals surface area contributed by atoms with E-state index in [0.29, 0.717) is 0 Å². The molecule has 0 heterocycles. The number of allylic oxidation sites excluding steroid dienone is 19. The van der Waals surface area contributed by atoms with Crippen LogP contribution in [0.3, 0.4) is 0 Å². The number of rotatable bonds is 12. The summed E-state index contributed by atoms with van der Waals surface area (Å²) in [7, 11) is 0. The second-order valence-corrected chi connectivity index (χ2v) is 10.8. The van der Waals surface area contributed by atoms with Gasteiger partial charge in [-0.2, -0.15) is 0 Å². The molecule has 256 valence electrons. The van der Waals surface area contributed by atoms with Crippen LogP contribution in [0.25, 0.3) is 27.8 Å². The molecule has 0 atom stereocenters. The summed E-state index contributed by atoms with van der Waals surface area (Å²) in [6.07, 6.45) is 38.1. The van der Waals surface area contributed by atoms with Crippen molar-refractivity contribution in [3.8, 4) is 11.1 Å². The SMILES string of the molecule is C=C/C=C(\C=C/C)c1cc(C(/C=C\C)=C/C=C)cc(-c2cccc(C3=CC(C/C=C\C=C/N)=CCC3)c2)c1.CC.CC=CCC.CCC. The molecule has 0 aliphatic heterocycles. The molecule has 0 aromatic heterocycles. The zero-order valence-corrected chi connectivity index (χ0v) is 31.3. The van der Waals surface area contributed by atoms with Crippen LogP contribution >= 0.6 is 0 Å². The maximum atomic E-state index is 5.44. The van der Waals surface area contributed by atoms with Crippen LogP contribution in [0.2, 0.25) is 0 Å². The van der Waals surface area contributed by atoms with Crippen LogP contribution in [0.4, 0.5) is 0 Å². The van der Waals surface area contributed by atoms with Crippen LogP contribution in [-0.4, -0.2) is 0 Å². The van der Waals surface area contributed by atoms with Crippen molar-refractivity contribution in [3.05, 3.63) is 175 Å². The Morgan fingerprint density at radius 2 is 1.33 bits per heavy atom. The van der Waals surface area contributed by atoms with Crippen molar-refractivity contribution < 1.29 is 0 Å². The number of benzene rings is 2. The molecule has 3 rings (SSSR count). The molecular formula is C47H63N. The normalized spacial score (nSPS) is 13.4. The summed E-state index contributed by atoms with van der Waals surface area (Å²) in [6.45, 7) is 24.4. The van der Waals surface area contributed by atoms with Gasteiger partial charge < -0.3 is 5.73 Å². The summed E-state index contributed by atoms with van der Waals surface area (Å²) in [4.78, 5) is 0. The summed E-state index contributed by atoms with van der Waals surface area (Å²) >= 11 is 0. The molecule has 0 saturated carbocycles. The molecule has 1 aliphatic rings. The molecule has 2 N–H and O–H groups in total. The van der Waals surface area contributed by atoms with Crippen molar-refractivity contribution in [3.63, 3.8) is 0 Å². The number of nitrogens with two attached hydrogens (primary N) is 1. The first-order chi connectivity index (χ1) is 23.5. The lowest BCUT2D eigenvalue weighted by Crippen LogP contribution is -1.94. The third kappa shape index (κ3) is 16.8. The summed E-state index contributed by atoms with van der Waals surface area (Å²) in [5.74, 6) is 0. The van der Waals surface area contributed by atoms with E-state index in [1.165, 1.54) is 34.3 Å². The van der Waals surface area contributed by atoms with E-state index in [-0.39, 0.29) is 0 Å². The molecule has 1 aliphatic carbocycles. The van der Waals surface area contributed by atoms with Gasteiger partial charge in [-0.3, -0.25) is 0 Å². The monoisotopic (exact) mass is 641 g/mol. The maximum Gasteiger partial charge on any atom is -0.00625 e. The minimum atomic E-state index is 0.908.